The average molecular weight is 268 g/mol. The summed E-state index contributed by atoms with van der Waals surface area (Å²) >= 11 is 0. The summed E-state index contributed by atoms with van der Waals surface area (Å²) in [4.78, 5) is 0. The molecule has 0 heteroatoms. The first kappa shape index (κ1) is 19.0. The van der Waals surface area contributed by atoms with Gasteiger partial charge in [-0.2, -0.15) is 0 Å². The Balaban J connectivity index is 3.18. The summed E-state index contributed by atoms with van der Waals surface area (Å²) in [5.74, 6) is 0.849. The third-order valence-electron chi connectivity index (χ3n) is 3.95. The van der Waals surface area contributed by atoms with Crippen LogP contribution in [-0.4, -0.2) is 0 Å². The maximum atomic E-state index is 4.21. The molecule has 0 aromatic heterocycles. The summed E-state index contributed by atoms with van der Waals surface area (Å²) in [6, 6.07) is 0. The van der Waals surface area contributed by atoms with Crippen LogP contribution >= 0.6 is 0 Å². The van der Waals surface area contributed by atoms with E-state index < -0.39 is 0 Å². The van der Waals surface area contributed by atoms with Crippen LogP contribution in [-0.2, 0) is 0 Å². The first-order chi connectivity index (χ1) is 8.95. The van der Waals surface area contributed by atoms with E-state index in [0.717, 1.165) is 5.92 Å². The molecule has 115 valence electrons. The van der Waals surface area contributed by atoms with Crippen LogP contribution in [0.5, 0.6) is 0 Å². The van der Waals surface area contributed by atoms with Crippen molar-refractivity contribution in [2.24, 2.45) is 11.3 Å². The van der Waals surface area contributed by atoms with Crippen molar-refractivity contribution in [3.8, 4) is 0 Å². The lowest BCUT2D eigenvalue weighted by Crippen LogP contribution is -2.11. The van der Waals surface area contributed by atoms with Gasteiger partial charge in [-0.05, 0) is 24.7 Å². The van der Waals surface area contributed by atoms with Gasteiger partial charge >= 0.3 is 0 Å². The molecule has 0 nitrogen and oxygen atoms in total. The zero-order valence-corrected chi connectivity index (χ0v) is 14.3. The highest BCUT2D eigenvalue weighted by molar-refractivity contribution is 4.73. The number of rotatable bonds is 13. The van der Waals surface area contributed by atoms with Gasteiger partial charge in [-0.15, -0.1) is 0 Å². The Hall–Kier alpha value is 0. The standard InChI is InChI=1S/C19H39/c1-6-7-8-9-10-11-12-13-14-15-16-18(2)17-19(3,4)5/h18H,3,6-17H2,1-2,4-5H3. The minimum atomic E-state index is 0.262. The van der Waals surface area contributed by atoms with Gasteiger partial charge in [-0.25, -0.2) is 0 Å². The topological polar surface area (TPSA) is 0 Å². The minimum Gasteiger partial charge on any atom is -0.0654 e. The fraction of sp³-hybridized carbons (Fsp3) is 0.947. The molecular weight excluding hydrogens is 228 g/mol. The smallest absolute Gasteiger partial charge is 0.0351 e. The fourth-order valence-electron chi connectivity index (χ4n) is 3.03. The van der Waals surface area contributed by atoms with Gasteiger partial charge in [0.15, 0.2) is 0 Å². The predicted molar refractivity (Wildman–Crippen MR) is 89.4 cm³/mol. The maximum Gasteiger partial charge on any atom is -0.0351 e. The van der Waals surface area contributed by atoms with Gasteiger partial charge in [0, 0.05) is 0 Å². The molecule has 0 N–H and O–H groups in total. The molecule has 0 saturated heterocycles. The van der Waals surface area contributed by atoms with E-state index in [1.165, 1.54) is 77.0 Å². The van der Waals surface area contributed by atoms with Crippen molar-refractivity contribution < 1.29 is 0 Å². The number of unbranched alkanes of at least 4 members (excludes halogenated alkanes) is 9. The van der Waals surface area contributed by atoms with Crippen LogP contribution in [0.15, 0.2) is 0 Å². The summed E-state index contributed by atoms with van der Waals surface area (Å²) in [6.07, 6.45) is 17.1. The Kier molecular flexibility index (Phi) is 11.8. The van der Waals surface area contributed by atoms with Gasteiger partial charge < -0.3 is 0 Å². The zero-order valence-electron chi connectivity index (χ0n) is 14.3. The Morgan fingerprint density at radius 2 is 1.21 bits per heavy atom. The normalized spacial score (nSPS) is 13.7. The average Bonchev–Trinajstić information content (AvgIpc) is 2.29. The van der Waals surface area contributed by atoms with E-state index in [1.54, 1.807) is 0 Å². The quantitative estimate of drug-likeness (QED) is 0.310. The molecule has 0 bridgehead atoms. The predicted octanol–water partition coefficient (Wildman–Crippen LogP) is 7.18. The van der Waals surface area contributed by atoms with E-state index in [1.807, 2.05) is 0 Å². The highest BCUT2D eigenvalue weighted by Gasteiger charge is 2.14. The lowest BCUT2D eigenvalue weighted by atomic mass is 9.83. The van der Waals surface area contributed by atoms with Gasteiger partial charge in [0.1, 0.15) is 0 Å². The Labute approximate surface area is 123 Å². The van der Waals surface area contributed by atoms with Gasteiger partial charge in [-0.1, -0.05) is 98.3 Å². The Bertz CT molecular complexity index is 175. The molecule has 0 aliphatic carbocycles. The van der Waals surface area contributed by atoms with Crippen LogP contribution < -0.4 is 0 Å². The van der Waals surface area contributed by atoms with Gasteiger partial charge in [0.05, 0.1) is 0 Å². The first-order valence-corrected chi connectivity index (χ1v) is 8.81. The van der Waals surface area contributed by atoms with E-state index in [9.17, 15) is 0 Å². The number of hydrogen-bond acceptors (Lipinski definition) is 0. The van der Waals surface area contributed by atoms with Crippen molar-refractivity contribution in [3.05, 3.63) is 6.92 Å². The zero-order chi connectivity index (χ0) is 14.6. The number of hydrogen-bond donors (Lipinski definition) is 0. The highest BCUT2D eigenvalue weighted by Crippen LogP contribution is 2.26. The molecule has 0 heterocycles. The summed E-state index contributed by atoms with van der Waals surface area (Å²) in [6.45, 7) is 13.4. The molecule has 0 aliphatic rings. The molecule has 0 aliphatic heterocycles. The van der Waals surface area contributed by atoms with Gasteiger partial charge in [0.25, 0.3) is 0 Å². The molecule has 0 saturated carbocycles. The van der Waals surface area contributed by atoms with Crippen molar-refractivity contribution in [3.63, 3.8) is 0 Å². The SMILES string of the molecule is [CH2]C(C)(C)CC(C)CCCCCCCCCCCC. The lowest BCUT2D eigenvalue weighted by molar-refractivity contribution is 0.324. The van der Waals surface area contributed by atoms with Crippen LogP contribution in [0.3, 0.4) is 0 Å². The molecule has 0 aromatic rings. The van der Waals surface area contributed by atoms with E-state index >= 15 is 0 Å². The van der Waals surface area contributed by atoms with Crippen molar-refractivity contribution in [1.29, 1.82) is 0 Å². The first-order valence-electron chi connectivity index (χ1n) is 8.81. The molecular formula is C19H39. The van der Waals surface area contributed by atoms with Crippen LogP contribution in [0.25, 0.3) is 0 Å². The van der Waals surface area contributed by atoms with Crippen molar-refractivity contribution in [2.75, 3.05) is 0 Å². The lowest BCUT2D eigenvalue weighted by Gasteiger charge is -2.22. The van der Waals surface area contributed by atoms with Crippen LogP contribution in [0, 0.1) is 18.3 Å². The van der Waals surface area contributed by atoms with E-state index in [2.05, 4.69) is 34.6 Å². The van der Waals surface area contributed by atoms with E-state index in [4.69, 9.17) is 0 Å². The van der Waals surface area contributed by atoms with E-state index in [0.29, 0.717) is 0 Å². The van der Waals surface area contributed by atoms with Crippen molar-refractivity contribution in [2.45, 2.75) is 105 Å². The monoisotopic (exact) mass is 267 g/mol. The molecule has 1 radical (unpaired) electrons. The van der Waals surface area contributed by atoms with E-state index in [-0.39, 0.29) is 5.41 Å². The second kappa shape index (κ2) is 11.8. The van der Waals surface area contributed by atoms with Gasteiger partial charge in [-0.3, -0.25) is 0 Å². The highest BCUT2D eigenvalue weighted by atomic mass is 14.2. The third-order valence-corrected chi connectivity index (χ3v) is 3.95. The molecule has 0 amide bonds. The van der Waals surface area contributed by atoms with Crippen molar-refractivity contribution >= 4 is 0 Å². The maximum absolute atomic E-state index is 4.21. The molecule has 19 heavy (non-hydrogen) atoms. The largest absolute Gasteiger partial charge is 0.0654 e. The minimum absolute atomic E-state index is 0.262. The fourth-order valence-corrected chi connectivity index (χ4v) is 3.03. The summed E-state index contributed by atoms with van der Waals surface area (Å²) in [5, 5.41) is 0. The third kappa shape index (κ3) is 15.9. The van der Waals surface area contributed by atoms with Crippen LogP contribution in [0.4, 0.5) is 0 Å². The molecule has 0 fully saturated rings. The second-order valence-electron chi connectivity index (χ2n) is 7.44. The van der Waals surface area contributed by atoms with Crippen molar-refractivity contribution in [1.82, 2.24) is 0 Å². The molecule has 0 spiro atoms. The molecule has 0 rings (SSSR count). The second-order valence-corrected chi connectivity index (χ2v) is 7.44. The summed E-state index contributed by atoms with van der Waals surface area (Å²) in [7, 11) is 0. The molecule has 1 unspecified atom stereocenters. The molecule has 1 atom stereocenters. The summed E-state index contributed by atoms with van der Waals surface area (Å²) < 4.78 is 0. The molecule has 0 aromatic carbocycles. The Morgan fingerprint density at radius 3 is 1.63 bits per heavy atom. The summed E-state index contributed by atoms with van der Waals surface area (Å²) in [5.41, 5.74) is 0.262. The van der Waals surface area contributed by atoms with Crippen LogP contribution in [0.2, 0.25) is 0 Å². The van der Waals surface area contributed by atoms with Gasteiger partial charge in [0.2, 0.25) is 0 Å². The Morgan fingerprint density at radius 1 is 0.789 bits per heavy atom. The van der Waals surface area contributed by atoms with Crippen LogP contribution in [0.1, 0.15) is 105 Å².